The van der Waals surface area contributed by atoms with E-state index in [4.69, 9.17) is 11.5 Å². The van der Waals surface area contributed by atoms with Crippen LogP contribution in [0.4, 0.5) is 8.78 Å². The van der Waals surface area contributed by atoms with E-state index in [1.807, 2.05) is 0 Å². The van der Waals surface area contributed by atoms with Crippen LogP contribution in [0, 0.1) is 13.8 Å². The summed E-state index contributed by atoms with van der Waals surface area (Å²) in [4.78, 5) is 0. The minimum Gasteiger partial charge on any atom is -0.434 e. The molecule has 0 saturated heterocycles. The number of hydrogen-bond acceptors (Lipinski definition) is 3. The van der Waals surface area contributed by atoms with Crippen molar-refractivity contribution in [1.29, 1.82) is 0 Å². The normalized spacial score (nSPS) is 10.9. The maximum absolute atomic E-state index is 12.2. The predicted octanol–water partition coefficient (Wildman–Crippen LogP) is 1.51. The summed E-state index contributed by atoms with van der Waals surface area (Å²) in [6.07, 6.45) is 1.42. The number of nitrogens with zero attached hydrogens (tertiary/aromatic N) is 2. The van der Waals surface area contributed by atoms with Crippen LogP contribution in [-0.4, -0.2) is 18.8 Å². The SMILES string of the molecule is Cc1cc(/C=N\N=C(N)N)cc(C)c1OC(F)F. The van der Waals surface area contributed by atoms with E-state index in [0.717, 1.165) is 0 Å². The second-order valence-electron chi connectivity index (χ2n) is 3.63. The Balaban J connectivity index is 2.99. The molecule has 0 fully saturated rings. The van der Waals surface area contributed by atoms with Crippen molar-refractivity contribution in [3.8, 4) is 5.75 Å². The smallest absolute Gasteiger partial charge is 0.387 e. The second kappa shape index (κ2) is 5.95. The molecule has 0 atom stereocenters. The van der Waals surface area contributed by atoms with Gasteiger partial charge in [-0.15, -0.1) is 5.10 Å². The van der Waals surface area contributed by atoms with Crippen molar-refractivity contribution in [2.45, 2.75) is 20.5 Å². The third-order valence-electron chi connectivity index (χ3n) is 2.07. The summed E-state index contributed by atoms with van der Waals surface area (Å²) >= 11 is 0. The van der Waals surface area contributed by atoms with Crippen molar-refractivity contribution in [3.63, 3.8) is 0 Å². The maximum atomic E-state index is 12.2. The van der Waals surface area contributed by atoms with Crippen molar-refractivity contribution in [1.82, 2.24) is 0 Å². The summed E-state index contributed by atoms with van der Waals surface area (Å²) in [5.74, 6) is 0.0151. The molecule has 7 heteroatoms. The molecule has 0 bridgehead atoms. The van der Waals surface area contributed by atoms with Gasteiger partial charge in [-0.25, -0.2) is 0 Å². The summed E-state index contributed by atoms with van der Waals surface area (Å²) < 4.78 is 28.8. The molecule has 0 heterocycles. The van der Waals surface area contributed by atoms with Gasteiger partial charge in [0.2, 0.25) is 5.96 Å². The fourth-order valence-electron chi connectivity index (χ4n) is 1.50. The number of guanidine groups is 1. The van der Waals surface area contributed by atoms with Gasteiger partial charge in [0.15, 0.2) is 0 Å². The lowest BCUT2D eigenvalue weighted by molar-refractivity contribution is -0.0507. The van der Waals surface area contributed by atoms with Gasteiger partial charge in [-0.1, -0.05) is 0 Å². The van der Waals surface area contributed by atoms with Gasteiger partial charge in [-0.2, -0.15) is 13.9 Å². The molecule has 1 aromatic carbocycles. The van der Waals surface area contributed by atoms with Crippen molar-refractivity contribution < 1.29 is 13.5 Å². The van der Waals surface area contributed by atoms with Gasteiger partial charge in [0, 0.05) is 0 Å². The Bertz CT molecular complexity index is 459. The predicted molar refractivity (Wildman–Crippen MR) is 66.0 cm³/mol. The standard InChI is InChI=1S/C11H14F2N4O/c1-6-3-8(5-16-17-11(14)15)4-7(2)9(6)18-10(12)13/h3-5,10H,1-2H3,(H4,14,15,17)/b16-5-. The summed E-state index contributed by atoms with van der Waals surface area (Å²) in [6, 6.07) is 3.30. The number of nitrogens with two attached hydrogens (primary N) is 2. The quantitative estimate of drug-likeness (QED) is 0.486. The number of benzene rings is 1. The zero-order valence-electron chi connectivity index (χ0n) is 10.0. The number of ether oxygens (including phenoxy) is 1. The van der Waals surface area contributed by atoms with E-state index in [1.165, 1.54) is 6.21 Å². The van der Waals surface area contributed by atoms with Crippen LogP contribution in [-0.2, 0) is 0 Å². The fourth-order valence-corrected chi connectivity index (χ4v) is 1.50. The zero-order chi connectivity index (χ0) is 13.7. The number of hydrogen-bond donors (Lipinski definition) is 2. The van der Waals surface area contributed by atoms with Gasteiger partial charge < -0.3 is 16.2 Å². The lowest BCUT2D eigenvalue weighted by atomic mass is 10.1. The van der Waals surface area contributed by atoms with E-state index in [9.17, 15) is 8.78 Å². The monoisotopic (exact) mass is 256 g/mol. The van der Waals surface area contributed by atoms with Gasteiger partial charge in [0.05, 0.1) is 6.21 Å². The molecular formula is C11H14F2N4O. The Morgan fingerprint density at radius 2 is 1.83 bits per heavy atom. The molecule has 0 aliphatic rings. The number of halogens is 2. The molecule has 0 amide bonds. The maximum Gasteiger partial charge on any atom is 0.387 e. The van der Waals surface area contributed by atoms with E-state index >= 15 is 0 Å². The van der Waals surface area contributed by atoms with Crippen molar-refractivity contribution in [3.05, 3.63) is 28.8 Å². The van der Waals surface area contributed by atoms with E-state index in [-0.39, 0.29) is 11.7 Å². The third kappa shape index (κ3) is 4.00. The Kier molecular flexibility index (Phi) is 4.59. The van der Waals surface area contributed by atoms with Crippen LogP contribution in [0.15, 0.2) is 22.3 Å². The van der Waals surface area contributed by atoms with Crippen LogP contribution in [0.3, 0.4) is 0 Å². The molecule has 98 valence electrons. The van der Waals surface area contributed by atoms with Gasteiger partial charge in [0.1, 0.15) is 5.75 Å². The molecule has 0 aliphatic heterocycles. The highest BCUT2D eigenvalue weighted by atomic mass is 19.3. The molecule has 0 aliphatic carbocycles. The first kappa shape index (κ1) is 13.9. The highest BCUT2D eigenvalue weighted by Gasteiger charge is 2.10. The molecule has 1 rings (SSSR count). The summed E-state index contributed by atoms with van der Waals surface area (Å²) in [5.41, 5.74) is 12.1. The topological polar surface area (TPSA) is 86.0 Å². The Labute approximate surface area is 103 Å². The molecule has 0 unspecified atom stereocenters. The van der Waals surface area contributed by atoms with Gasteiger partial charge >= 0.3 is 6.61 Å². The van der Waals surface area contributed by atoms with Crippen molar-refractivity contribution >= 4 is 12.2 Å². The molecule has 0 radical (unpaired) electrons. The molecule has 1 aromatic rings. The highest BCUT2D eigenvalue weighted by Crippen LogP contribution is 2.25. The number of rotatable bonds is 4. The summed E-state index contributed by atoms with van der Waals surface area (Å²) in [7, 11) is 0. The highest BCUT2D eigenvalue weighted by molar-refractivity contribution is 5.82. The lowest BCUT2D eigenvalue weighted by Gasteiger charge is -2.11. The van der Waals surface area contributed by atoms with Crippen molar-refractivity contribution in [2.75, 3.05) is 0 Å². The summed E-state index contributed by atoms with van der Waals surface area (Å²) in [5, 5.41) is 7.08. The van der Waals surface area contributed by atoms with Crippen LogP contribution in [0.25, 0.3) is 0 Å². The zero-order valence-corrected chi connectivity index (χ0v) is 10.0. The first-order valence-electron chi connectivity index (χ1n) is 5.08. The molecule has 4 N–H and O–H groups in total. The van der Waals surface area contributed by atoms with Crippen LogP contribution >= 0.6 is 0 Å². The molecule has 18 heavy (non-hydrogen) atoms. The van der Waals surface area contributed by atoms with Gasteiger partial charge in [-0.05, 0) is 42.7 Å². The largest absolute Gasteiger partial charge is 0.434 e. The van der Waals surface area contributed by atoms with E-state index in [1.54, 1.807) is 26.0 Å². The summed E-state index contributed by atoms with van der Waals surface area (Å²) in [6.45, 7) is 0.495. The second-order valence-corrected chi connectivity index (χ2v) is 3.63. The molecule has 0 aromatic heterocycles. The van der Waals surface area contributed by atoms with Crippen LogP contribution in [0.2, 0.25) is 0 Å². The van der Waals surface area contributed by atoms with E-state index in [2.05, 4.69) is 14.9 Å². The minimum atomic E-state index is -2.84. The molecule has 5 nitrogen and oxygen atoms in total. The average molecular weight is 256 g/mol. The Morgan fingerprint density at radius 3 is 2.28 bits per heavy atom. The molecule has 0 saturated carbocycles. The van der Waals surface area contributed by atoms with E-state index < -0.39 is 6.61 Å². The minimum absolute atomic E-state index is 0.155. The van der Waals surface area contributed by atoms with Crippen LogP contribution in [0.5, 0.6) is 5.75 Å². The Hall–Kier alpha value is -2.18. The van der Waals surface area contributed by atoms with E-state index in [0.29, 0.717) is 16.7 Å². The first-order valence-corrected chi connectivity index (χ1v) is 5.08. The van der Waals surface area contributed by atoms with Crippen LogP contribution in [0.1, 0.15) is 16.7 Å². The number of aryl methyl sites for hydroxylation is 2. The Morgan fingerprint density at radius 1 is 1.28 bits per heavy atom. The fraction of sp³-hybridized carbons (Fsp3) is 0.273. The third-order valence-corrected chi connectivity index (χ3v) is 2.07. The lowest BCUT2D eigenvalue weighted by Crippen LogP contribution is -2.21. The molecule has 0 spiro atoms. The van der Waals surface area contributed by atoms with Gasteiger partial charge in [-0.3, -0.25) is 0 Å². The van der Waals surface area contributed by atoms with Gasteiger partial charge in [0.25, 0.3) is 0 Å². The molecular weight excluding hydrogens is 242 g/mol. The number of alkyl halides is 2. The van der Waals surface area contributed by atoms with Crippen LogP contribution < -0.4 is 16.2 Å². The average Bonchev–Trinajstić information content (AvgIpc) is 2.22. The van der Waals surface area contributed by atoms with Crippen molar-refractivity contribution in [2.24, 2.45) is 21.7 Å². The first-order chi connectivity index (χ1) is 8.40.